The van der Waals surface area contributed by atoms with Gasteiger partial charge in [0.1, 0.15) is 5.69 Å². The maximum Gasteiger partial charge on any atom is 0.267 e. The Labute approximate surface area is 141 Å². The molecule has 0 unspecified atom stereocenters. The van der Waals surface area contributed by atoms with Gasteiger partial charge >= 0.3 is 0 Å². The molecule has 0 aliphatic rings. The first-order valence-corrected chi connectivity index (χ1v) is 7.89. The number of hydrogen-bond acceptors (Lipinski definition) is 4. The number of carbonyl (C=O) groups is 2. The lowest BCUT2D eigenvalue weighted by Gasteiger charge is -2.22. The molecule has 24 heavy (non-hydrogen) atoms. The van der Waals surface area contributed by atoms with E-state index < -0.39 is 5.91 Å². The minimum Gasteiger partial charge on any atom is -0.372 e. The quantitative estimate of drug-likeness (QED) is 0.854. The number of amides is 2. The molecule has 0 aliphatic carbocycles. The average Bonchev–Trinajstić information content (AvgIpc) is 2.58. The molecule has 1 aromatic carbocycles. The number of benzene rings is 1. The lowest BCUT2D eigenvalue weighted by atomic mass is 10.1. The summed E-state index contributed by atoms with van der Waals surface area (Å²) in [5, 5.41) is 2.86. The largest absolute Gasteiger partial charge is 0.372 e. The van der Waals surface area contributed by atoms with Crippen molar-refractivity contribution in [3.63, 3.8) is 0 Å². The van der Waals surface area contributed by atoms with Gasteiger partial charge in [-0.2, -0.15) is 0 Å². The summed E-state index contributed by atoms with van der Waals surface area (Å²) >= 11 is 0. The zero-order valence-electron chi connectivity index (χ0n) is 14.2. The van der Waals surface area contributed by atoms with Crippen LogP contribution in [0.1, 0.15) is 40.3 Å². The zero-order chi connectivity index (χ0) is 17.7. The highest BCUT2D eigenvalue weighted by Gasteiger charge is 2.11. The van der Waals surface area contributed by atoms with E-state index in [0.29, 0.717) is 5.56 Å². The molecule has 0 radical (unpaired) electrons. The van der Waals surface area contributed by atoms with Crippen molar-refractivity contribution in [2.45, 2.75) is 20.8 Å². The van der Waals surface area contributed by atoms with Crippen molar-refractivity contribution in [1.82, 2.24) is 4.98 Å². The summed E-state index contributed by atoms with van der Waals surface area (Å²) in [5.41, 5.74) is 8.49. The summed E-state index contributed by atoms with van der Waals surface area (Å²) < 4.78 is 0. The van der Waals surface area contributed by atoms with Crippen molar-refractivity contribution >= 4 is 23.2 Å². The van der Waals surface area contributed by atoms with Gasteiger partial charge in [-0.1, -0.05) is 0 Å². The molecular weight excluding hydrogens is 304 g/mol. The summed E-state index contributed by atoms with van der Waals surface area (Å²) in [4.78, 5) is 29.4. The summed E-state index contributed by atoms with van der Waals surface area (Å²) in [5.74, 6) is -0.901. The number of anilines is 2. The molecule has 0 spiro atoms. The van der Waals surface area contributed by atoms with Crippen LogP contribution in [0.5, 0.6) is 0 Å². The second-order valence-corrected chi connectivity index (χ2v) is 5.42. The van der Waals surface area contributed by atoms with E-state index in [2.05, 4.69) is 35.1 Å². The van der Waals surface area contributed by atoms with Crippen LogP contribution < -0.4 is 16.0 Å². The maximum atomic E-state index is 12.3. The van der Waals surface area contributed by atoms with Gasteiger partial charge in [-0.25, -0.2) is 0 Å². The highest BCUT2D eigenvalue weighted by molar-refractivity contribution is 6.05. The molecular formula is C18H22N4O2. The fourth-order valence-electron chi connectivity index (χ4n) is 2.44. The van der Waals surface area contributed by atoms with Gasteiger partial charge in [0.15, 0.2) is 0 Å². The van der Waals surface area contributed by atoms with Crippen LogP contribution in [0, 0.1) is 6.92 Å². The van der Waals surface area contributed by atoms with Gasteiger partial charge in [0.2, 0.25) is 0 Å². The Balaban J connectivity index is 2.15. The molecule has 0 saturated heterocycles. The fraction of sp³-hybridized carbons (Fsp3) is 0.278. The molecule has 3 N–H and O–H groups in total. The summed E-state index contributed by atoms with van der Waals surface area (Å²) in [7, 11) is 0. The second kappa shape index (κ2) is 7.59. The van der Waals surface area contributed by atoms with E-state index in [0.717, 1.165) is 30.0 Å². The smallest absolute Gasteiger partial charge is 0.267 e. The van der Waals surface area contributed by atoms with Crippen LogP contribution in [0.2, 0.25) is 0 Å². The number of hydrogen-bond donors (Lipinski definition) is 2. The summed E-state index contributed by atoms with van der Waals surface area (Å²) in [6, 6.07) is 8.91. The molecule has 0 saturated carbocycles. The Morgan fingerprint density at radius 2 is 1.88 bits per heavy atom. The number of rotatable bonds is 6. The number of nitrogens with one attached hydrogen (secondary N) is 1. The molecule has 0 aliphatic heterocycles. The predicted molar refractivity (Wildman–Crippen MR) is 95.4 cm³/mol. The molecule has 2 amide bonds. The van der Waals surface area contributed by atoms with Gasteiger partial charge in [0, 0.05) is 30.7 Å². The normalized spacial score (nSPS) is 10.3. The van der Waals surface area contributed by atoms with Crippen molar-refractivity contribution in [3.05, 3.63) is 53.3 Å². The molecule has 2 aromatic rings. The minimum atomic E-state index is -0.621. The molecule has 6 heteroatoms. The Kier molecular flexibility index (Phi) is 5.52. The van der Waals surface area contributed by atoms with Crippen molar-refractivity contribution in [2.24, 2.45) is 5.73 Å². The van der Waals surface area contributed by atoms with Crippen molar-refractivity contribution < 1.29 is 9.59 Å². The summed E-state index contributed by atoms with van der Waals surface area (Å²) in [6.45, 7) is 8.03. The highest BCUT2D eigenvalue weighted by atomic mass is 16.2. The molecule has 1 heterocycles. The van der Waals surface area contributed by atoms with E-state index in [4.69, 9.17) is 5.73 Å². The third-order valence-corrected chi connectivity index (χ3v) is 3.86. The number of primary amides is 1. The van der Waals surface area contributed by atoms with Gasteiger partial charge in [-0.15, -0.1) is 0 Å². The standard InChI is InChI=1S/C18H22N4O2/c1-4-22(5-2)14-7-9-15(12(3)10-14)21-18(24)13-6-8-16(17(19)23)20-11-13/h6-11H,4-5H2,1-3H3,(H2,19,23)(H,21,24). The first-order valence-electron chi connectivity index (χ1n) is 7.89. The Morgan fingerprint density at radius 3 is 2.38 bits per heavy atom. The number of carbonyl (C=O) groups excluding carboxylic acids is 2. The predicted octanol–water partition coefficient (Wildman–Crippen LogP) is 2.59. The first kappa shape index (κ1) is 17.5. The second-order valence-electron chi connectivity index (χ2n) is 5.42. The van der Waals surface area contributed by atoms with Crippen molar-refractivity contribution in [3.8, 4) is 0 Å². The fourth-order valence-corrected chi connectivity index (χ4v) is 2.44. The lowest BCUT2D eigenvalue weighted by molar-refractivity contribution is 0.0990. The monoisotopic (exact) mass is 326 g/mol. The van der Waals surface area contributed by atoms with Crippen LogP contribution in [0.25, 0.3) is 0 Å². The molecule has 126 valence electrons. The first-order chi connectivity index (χ1) is 11.5. The molecule has 1 aromatic heterocycles. The van der Waals surface area contributed by atoms with E-state index in [9.17, 15) is 9.59 Å². The van der Waals surface area contributed by atoms with E-state index in [1.54, 1.807) is 0 Å². The third-order valence-electron chi connectivity index (χ3n) is 3.86. The number of nitrogens with two attached hydrogens (primary N) is 1. The lowest BCUT2D eigenvalue weighted by Crippen LogP contribution is -2.22. The topological polar surface area (TPSA) is 88.3 Å². The summed E-state index contributed by atoms with van der Waals surface area (Å²) in [6.07, 6.45) is 1.34. The number of pyridine rings is 1. The van der Waals surface area contributed by atoms with Crippen LogP contribution in [-0.4, -0.2) is 29.9 Å². The molecule has 0 atom stereocenters. The Hall–Kier alpha value is -2.89. The van der Waals surface area contributed by atoms with Crippen LogP contribution in [0.3, 0.4) is 0 Å². The molecule has 0 fully saturated rings. The number of aryl methyl sites for hydroxylation is 1. The molecule has 0 bridgehead atoms. The van der Waals surface area contributed by atoms with Gasteiger partial charge in [0.25, 0.3) is 11.8 Å². The van der Waals surface area contributed by atoms with Gasteiger partial charge < -0.3 is 16.0 Å². The SMILES string of the molecule is CCN(CC)c1ccc(NC(=O)c2ccc(C(N)=O)nc2)c(C)c1. The van der Waals surface area contributed by atoms with Gasteiger partial charge in [-0.3, -0.25) is 14.6 Å². The van der Waals surface area contributed by atoms with E-state index in [1.165, 1.54) is 18.3 Å². The third kappa shape index (κ3) is 3.90. The maximum absolute atomic E-state index is 12.3. The van der Waals surface area contributed by atoms with Crippen molar-refractivity contribution in [2.75, 3.05) is 23.3 Å². The van der Waals surface area contributed by atoms with Crippen LogP contribution in [-0.2, 0) is 0 Å². The minimum absolute atomic E-state index is 0.131. The highest BCUT2D eigenvalue weighted by Crippen LogP contribution is 2.23. The number of aromatic nitrogens is 1. The zero-order valence-corrected chi connectivity index (χ0v) is 14.2. The van der Waals surface area contributed by atoms with Crippen LogP contribution >= 0.6 is 0 Å². The molecule has 2 rings (SSSR count). The van der Waals surface area contributed by atoms with Crippen LogP contribution in [0.4, 0.5) is 11.4 Å². The van der Waals surface area contributed by atoms with Crippen molar-refractivity contribution in [1.29, 1.82) is 0 Å². The van der Waals surface area contributed by atoms with Gasteiger partial charge in [0.05, 0.1) is 5.56 Å². The Bertz CT molecular complexity index is 737. The Morgan fingerprint density at radius 1 is 1.17 bits per heavy atom. The van der Waals surface area contributed by atoms with E-state index in [1.807, 2.05) is 19.1 Å². The van der Waals surface area contributed by atoms with Gasteiger partial charge in [-0.05, 0) is 56.7 Å². The van der Waals surface area contributed by atoms with Crippen LogP contribution in [0.15, 0.2) is 36.5 Å². The average molecular weight is 326 g/mol. The van der Waals surface area contributed by atoms with E-state index >= 15 is 0 Å². The number of nitrogens with zero attached hydrogens (tertiary/aromatic N) is 2. The van der Waals surface area contributed by atoms with E-state index in [-0.39, 0.29) is 11.6 Å². The molecule has 6 nitrogen and oxygen atoms in total.